The molecule has 142 valence electrons. The van der Waals surface area contributed by atoms with Crippen molar-refractivity contribution >= 4 is 29.5 Å². The van der Waals surface area contributed by atoms with Crippen LogP contribution in [0.1, 0.15) is 38.0 Å². The molecule has 8 nitrogen and oxygen atoms in total. The first kappa shape index (κ1) is 19.9. The zero-order valence-electron chi connectivity index (χ0n) is 15.2. The monoisotopic (exact) mass is 372 g/mol. The molecule has 0 spiro atoms. The van der Waals surface area contributed by atoms with Crippen LogP contribution >= 0.6 is 0 Å². The number of hydrogen-bond acceptors (Lipinski definition) is 6. The first-order valence-electron chi connectivity index (χ1n) is 8.30. The van der Waals surface area contributed by atoms with Crippen molar-refractivity contribution in [3.8, 4) is 0 Å². The average Bonchev–Trinajstić information content (AvgIpc) is 3.09. The van der Waals surface area contributed by atoms with Gasteiger partial charge in [-0.15, -0.1) is 0 Å². The molecule has 0 saturated carbocycles. The van der Waals surface area contributed by atoms with Crippen molar-refractivity contribution in [1.29, 1.82) is 0 Å². The van der Waals surface area contributed by atoms with E-state index in [2.05, 4.69) is 19.2 Å². The minimum Gasteiger partial charge on any atom is -0.449 e. The van der Waals surface area contributed by atoms with Gasteiger partial charge in [-0.05, 0) is 42.7 Å². The molecule has 0 aliphatic rings. The SMILES string of the molecule is CC(C)c1ccc(NC(=O)[C@@H](C)OC(=O)/C=C/c2ccc([N+](=O)[O-])o2)cc1. The molecular weight excluding hydrogens is 352 g/mol. The molecule has 0 fully saturated rings. The van der Waals surface area contributed by atoms with Crippen molar-refractivity contribution in [1.82, 2.24) is 0 Å². The summed E-state index contributed by atoms with van der Waals surface area (Å²) in [7, 11) is 0. The Labute approximate surface area is 156 Å². The van der Waals surface area contributed by atoms with E-state index in [0.29, 0.717) is 11.6 Å². The Hall–Kier alpha value is -3.42. The molecule has 1 heterocycles. The highest BCUT2D eigenvalue weighted by Crippen LogP contribution is 2.18. The zero-order valence-corrected chi connectivity index (χ0v) is 15.2. The number of benzene rings is 1. The maximum atomic E-state index is 12.1. The van der Waals surface area contributed by atoms with Crippen molar-refractivity contribution in [2.75, 3.05) is 5.32 Å². The third-order valence-corrected chi connectivity index (χ3v) is 3.68. The first-order valence-corrected chi connectivity index (χ1v) is 8.30. The predicted molar refractivity (Wildman–Crippen MR) is 99.1 cm³/mol. The van der Waals surface area contributed by atoms with Crippen LogP contribution < -0.4 is 5.32 Å². The fraction of sp³-hybridized carbons (Fsp3) is 0.263. The van der Waals surface area contributed by atoms with Crippen molar-refractivity contribution in [3.63, 3.8) is 0 Å². The Balaban J connectivity index is 1.87. The summed E-state index contributed by atoms with van der Waals surface area (Å²) in [4.78, 5) is 33.7. The van der Waals surface area contributed by atoms with Gasteiger partial charge in [0.05, 0.1) is 6.07 Å². The molecule has 27 heavy (non-hydrogen) atoms. The number of carbonyl (C=O) groups excluding carboxylic acids is 2. The van der Waals surface area contributed by atoms with Gasteiger partial charge in [0.2, 0.25) is 0 Å². The number of nitrogens with one attached hydrogen (secondary N) is 1. The topological polar surface area (TPSA) is 112 Å². The van der Waals surface area contributed by atoms with E-state index in [0.717, 1.165) is 11.6 Å². The van der Waals surface area contributed by atoms with Gasteiger partial charge in [-0.25, -0.2) is 4.79 Å². The minimum atomic E-state index is -1.02. The average molecular weight is 372 g/mol. The lowest BCUT2D eigenvalue weighted by Crippen LogP contribution is -2.29. The molecule has 2 aromatic rings. The number of furan rings is 1. The smallest absolute Gasteiger partial charge is 0.433 e. The van der Waals surface area contributed by atoms with Crippen molar-refractivity contribution in [2.24, 2.45) is 0 Å². The lowest BCUT2D eigenvalue weighted by molar-refractivity contribution is -0.402. The highest BCUT2D eigenvalue weighted by Gasteiger charge is 2.17. The summed E-state index contributed by atoms with van der Waals surface area (Å²) in [5, 5.41) is 13.2. The number of nitro groups is 1. The zero-order chi connectivity index (χ0) is 20.0. The highest BCUT2D eigenvalue weighted by molar-refractivity contribution is 5.96. The summed E-state index contributed by atoms with van der Waals surface area (Å²) in [6.07, 6.45) is 1.24. The van der Waals surface area contributed by atoms with E-state index in [-0.39, 0.29) is 5.76 Å². The molecule has 0 saturated heterocycles. The number of carbonyl (C=O) groups is 2. The van der Waals surface area contributed by atoms with Crippen LogP contribution in [-0.2, 0) is 14.3 Å². The van der Waals surface area contributed by atoms with Crippen LogP contribution in [0.5, 0.6) is 0 Å². The van der Waals surface area contributed by atoms with Crippen LogP contribution in [0.3, 0.4) is 0 Å². The maximum absolute atomic E-state index is 12.1. The van der Waals surface area contributed by atoms with Crippen molar-refractivity contribution in [3.05, 3.63) is 63.9 Å². The van der Waals surface area contributed by atoms with Crippen LogP contribution in [0.2, 0.25) is 0 Å². The summed E-state index contributed by atoms with van der Waals surface area (Å²) >= 11 is 0. The van der Waals surface area contributed by atoms with Crippen molar-refractivity contribution < 1.29 is 23.7 Å². The van der Waals surface area contributed by atoms with E-state index in [4.69, 9.17) is 9.15 Å². The molecule has 0 bridgehead atoms. The second-order valence-electron chi connectivity index (χ2n) is 6.11. The minimum absolute atomic E-state index is 0.126. The second-order valence-corrected chi connectivity index (χ2v) is 6.11. The molecule has 0 unspecified atom stereocenters. The van der Waals surface area contributed by atoms with Gasteiger partial charge in [0.1, 0.15) is 10.7 Å². The van der Waals surface area contributed by atoms with E-state index in [1.165, 1.54) is 25.1 Å². The van der Waals surface area contributed by atoms with Gasteiger partial charge >= 0.3 is 11.9 Å². The highest BCUT2D eigenvalue weighted by atomic mass is 16.6. The Kier molecular flexibility index (Phi) is 6.48. The van der Waals surface area contributed by atoms with Gasteiger partial charge in [0.15, 0.2) is 6.10 Å². The van der Waals surface area contributed by atoms with Crippen LogP contribution in [0.25, 0.3) is 6.08 Å². The van der Waals surface area contributed by atoms with Gasteiger partial charge in [-0.1, -0.05) is 26.0 Å². The summed E-state index contributed by atoms with van der Waals surface area (Å²) in [5.74, 6) is -1.16. The van der Waals surface area contributed by atoms with E-state index in [9.17, 15) is 19.7 Å². The van der Waals surface area contributed by atoms with Crippen LogP contribution in [0, 0.1) is 10.1 Å². The molecule has 1 atom stereocenters. The van der Waals surface area contributed by atoms with E-state index in [1.807, 2.05) is 12.1 Å². The second kappa shape index (κ2) is 8.79. The Bertz CT molecular complexity index is 851. The van der Waals surface area contributed by atoms with Gasteiger partial charge in [-0.2, -0.15) is 0 Å². The van der Waals surface area contributed by atoms with Crippen LogP contribution in [0.15, 0.2) is 46.9 Å². The number of amides is 1. The molecule has 0 radical (unpaired) electrons. The number of rotatable bonds is 7. The molecule has 2 rings (SSSR count). The molecular formula is C19H20N2O6. The van der Waals surface area contributed by atoms with Crippen LogP contribution in [0.4, 0.5) is 11.6 Å². The summed E-state index contributed by atoms with van der Waals surface area (Å²) < 4.78 is 9.89. The number of hydrogen-bond donors (Lipinski definition) is 1. The van der Waals surface area contributed by atoms with Gasteiger partial charge in [0.25, 0.3) is 5.91 Å². The number of ether oxygens (including phenoxy) is 1. The van der Waals surface area contributed by atoms with Gasteiger partial charge in [-0.3, -0.25) is 14.9 Å². The molecule has 1 aromatic carbocycles. The number of nitrogens with zero attached hydrogens (tertiary/aromatic N) is 1. The lowest BCUT2D eigenvalue weighted by Gasteiger charge is -2.13. The largest absolute Gasteiger partial charge is 0.449 e. The van der Waals surface area contributed by atoms with Gasteiger partial charge in [0, 0.05) is 11.8 Å². The summed E-state index contributed by atoms with van der Waals surface area (Å²) in [6.45, 7) is 5.59. The number of anilines is 1. The lowest BCUT2D eigenvalue weighted by atomic mass is 10.0. The van der Waals surface area contributed by atoms with Crippen molar-refractivity contribution in [2.45, 2.75) is 32.8 Å². The normalized spacial score (nSPS) is 12.1. The summed E-state index contributed by atoms with van der Waals surface area (Å²) in [6, 6.07) is 9.92. The first-order chi connectivity index (χ1) is 12.8. The Morgan fingerprint density at radius 1 is 1.15 bits per heavy atom. The third kappa shape index (κ3) is 5.81. The molecule has 0 aliphatic carbocycles. The molecule has 0 aliphatic heterocycles. The maximum Gasteiger partial charge on any atom is 0.433 e. The molecule has 1 N–H and O–H groups in total. The summed E-state index contributed by atoms with van der Waals surface area (Å²) in [5.41, 5.74) is 1.75. The van der Waals surface area contributed by atoms with Crippen LogP contribution in [-0.4, -0.2) is 22.9 Å². The predicted octanol–water partition coefficient (Wildman–Crippen LogP) is 3.89. The third-order valence-electron chi connectivity index (χ3n) is 3.68. The fourth-order valence-electron chi connectivity index (χ4n) is 2.14. The Morgan fingerprint density at radius 3 is 2.37 bits per heavy atom. The molecule has 1 amide bonds. The fourth-order valence-corrected chi connectivity index (χ4v) is 2.14. The van der Waals surface area contributed by atoms with E-state index < -0.39 is 28.8 Å². The van der Waals surface area contributed by atoms with E-state index in [1.54, 1.807) is 12.1 Å². The Morgan fingerprint density at radius 2 is 1.81 bits per heavy atom. The molecule has 1 aromatic heterocycles. The quantitative estimate of drug-likeness (QED) is 0.341. The standard InChI is InChI=1S/C19H20N2O6/c1-12(2)14-4-6-15(7-5-14)20-19(23)13(3)26-18(22)11-9-16-8-10-17(27-16)21(24)25/h4-13H,1-3H3,(H,20,23)/b11-9+/t13-/m1/s1. The van der Waals surface area contributed by atoms with Gasteiger partial charge < -0.3 is 14.5 Å². The molecule has 8 heteroatoms. The number of esters is 1. The van der Waals surface area contributed by atoms with E-state index >= 15 is 0 Å².